The quantitative estimate of drug-likeness (QED) is 0.501. The van der Waals surface area contributed by atoms with E-state index in [1.807, 2.05) is 27.7 Å². The van der Waals surface area contributed by atoms with Gasteiger partial charge in [-0.15, -0.1) is 0 Å². The summed E-state index contributed by atoms with van der Waals surface area (Å²) in [6.07, 6.45) is 5.86. The third-order valence-electron chi connectivity index (χ3n) is 9.14. The number of ketones is 2. The molecule has 3 unspecified atom stereocenters. The molecule has 0 aliphatic heterocycles. The van der Waals surface area contributed by atoms with Crippen LogP contribution in [0.4, 0.5) is 4.39 Å². The zero-order chi connectivity index (χ0) is 23.4. The maximum absolute atomic E-state index is 15.4. The number of rotatable bonds is 5. The number of aliphatic hydroxyl groups excluding tert-OH is 1. The van der Waals surface area contributed by atoms with Crippen molar-refractivity contribution in [3.05, 3.63) is 23.8 Å². The third-order valence-corrected chi connectivity index (χ3v) is 9.14. The van der Waals surface area contributed by atoms with Gasteiger partial charge in [0.25, 0.3) is 5.91 Å². The molecule has 0 heterocycles. The average Bonchev–Trinajstić information content (AvgIpc) is 2.98. The number of carbonyl (C=O) groups is 3. The highest BCUT2D eigenvalue weighted by Crippen LogP contribution is 2.67. The molecule has 9 atom stereocenters. The Morgan fingerprint density at radius 3 is 2.69 bits per heavy atom. The van der Waals surface area contributed by atoms with Crippen LogP contribution in [0, 0.1) is 40.4 Å². The van der Waals surface area contributed by atoms with Crippen molar-refractivity contribution in [1.29, 1.82) is 0 Å². The molecule has 0 aromatic heterocycles. The molecule has 5 nitrogen and oxygen atoms in total. The van der Waals surface area contributed by atoms with Gasteiger partial charge in [0.15, 0.2) is 5.78 Å². The van der Waals surface area contributed by atoms with E-state index in [0.717, 1.165) is 19.3 Å². The number of allylic oxidation sites excluding steroid dienone is 4. The van der Waals surface area contributed by atoms with Crippen molar-refractivity contribution >= 4 is 17.5 Å². The molecule has 0 aromatic carbocycles. The van der Waals surface area contributed by atoms with Crippen LogP contribution in [0.2, 0.25) is 0 Å². The summed E-state index contributed by atoms with van der Waals surface area (Å²) in [5, 5.41) is 14.1. The van der Waals surface area contributed by atoms with Gasteiger partial charge in [0.1, 0.15) is 6.17 Å². The van der Waals surface area contributed by atoms with Crippen LogP contribution in [0.1, 0.15) is 59.8 Å². The lowest BCUT2D eigenvalue weighted by Crippen LogP contribution is -2.58. The number of amides is 1. The van der Waals surface area contributed by atoms with E-state index in [9.17, 15) is 19.5 Å². The lowest BCUT2D eigenvalue weighted by atomic mass is 9.46. The molecule has 0 bridgehead atoms. The van der Waals surface area contributed by atoms with E-state index in [-0.39, 0.29) is 35.9 Å². The average molecular weight is 446 g/mol. The van der Waals surface area contributed by atoms with Crippen LogP contribution < -0.4 is 5.32 Å². The molecule has 0 saturated heterocycles. The number of carbonyl (C=O) groups excluding carboxylic acids is 3. The predicted octanol–water partition coefficient (Wildman–Crippen LogP) is 3.56. The number of fused-ring (bicyclic) bond motifs is 5. The molecule has 0 radical (unpaired) electrons. The Morgan fingerprint density at radius 2 is 2.00 bits per heavy atom. The Labute approximate surface area is 189 Å². The number of hydrogen-bond acceptors (Lipinski definition) is 4. The van der Waals surface area contributed by atoms with Gasteiger partial charge >= 0.3 is 0 Å². The van der Waals surface area contributed by atoms with E-state index in [0.29, 0.717) is 18.5 Å². The summed E-state index contributed by atoms with van der Waals surface area (Å²) in [5.74, 6) is -1.89. The highest BCUT2D eigenvalue weighted by molar-refractivity contribution is 6.37. The fraction of sp³-hybridized carbons (Fsp3) is 0.731. The van der Waals surface area contributed by atoms with Crippen molar-refractivity contribution in [3.63, 3.8) is 0 Å². The molecule has 1 amide bonds. The van der Waals surface area contributed by atoms with Crippen molar-refractivity contribution in [2.45, 2.75) is 72.1 Å². The predicted molar refractivity (Wildman–Crippen MR) is 119 cm³/mol. The minimum absolute atomic E-state index is 0.00772. The monoisotopic (exact) mass is 445 g/mol. The number of unbranched alkanes of at least 4 members (excludes halogenated alkanes) is 1. The van der Waals surface area contributed by atoms with Gasteiger partial charge in [0.05, 0.1) is 6.10 Å². The number of Topliss-reactive ketones (excluding diaryl/α,β-unsaturated/α-hetero) is 1. The van der Waals surface area contributed by atoms with Gasteiger partial charge in [-0.2, -0.15) is 0 Å². The Hall–Kier alpha value is -1.82. The Balaban J connectivity index is 1.65. The summed E-state index contributed by atoms with van der Waals surface area (Å²) < 4.78 is 15.4. The molecule has 4 rings (SSSR count). The number of halogens is 1. The summed E-state index contributed by atoms with van der Waals surface area (Å²) in [6, 6.07) is 0. The molecule has 3 fully saturated rings. The second kappa shape index (κ2) is 8.19. The Bertz CT molecular complexity index is 881. The number of alkyl halides is 1. The fourth-order valence-electron chi connectivity index (χ4n) is 7.87. The van der Waals surface area contributed by atoms with Crippen molar-refractivity contribution in [1.82, 2.24) is 5.32 Å². The van der Waals surface area contributed by atoms with Gasteiger partial charge in [-0.3, -0.25) is 14.4 Å². The third kappa shape index (κ3) is 3.41. The van der Waals surface area contributed by atoms with E-state index in [1.54, 1.807) is 6.08 Å². The molecule has 0 spiro atoms. The molecule has 2 N–H and O–H groups in total. The van der Waals surface area contributed by atoms with Crippen LogP contribution >= 0.6 is 0 Å². The van der Waals surface area contributed by atoms with Crippen LogP contribution in [0.25, 0.3) is 0 Å². The zero-order valence-corrected chi connectivity index (χ0v) is 19.6. The van der Waals surface area contributed by atoms with E-state index in [1.165, 1.54) is 12.2 Å². The molecular weight excluding hydrogens is 409 g/mol. The van der Waals surface area contributed by atoms with Gasteiger partial charge in [0, 0.05) is 23.8 Å². The van der Waals surface area contributed by atoms with Gasteiger partial charge < -0.3 is 10.4 Å². The van der Waals surface area contributed by atoms with E-state index < -0.39 is 40.7 Å². The lowest BCUT2D eigenvalue weighted by molar-refractivity contribution is -0.151. The largest absolute Gasteiger partial charge is 0.393 e. The van der Waals surface area contributed by atoms with Crippen LogP contribution in [0.15, 0.2) is 23.8 Å². The second-order valence-corrected chi connectivity index (χ2v) is 11.1. The number of nitrogens with one attached hydrogen (secondary N) is 1. The first-order chi connectivity index (χ1) is 15.0. The molecule has 176 valence electrons. The first-order valence-corrected chi connectivity index (χ1v) is 12.1. The van der Waals surface area contributed by atoms with Crippen LogP contribution in [0.3, 0.4) is 0 Å². The fourth-order valence-corrected chi connectivity index (χ4v) is 7.87. The number of hydrogen-bond donors (Lipinski definition) is 2. The smallest absolute Gasteiger partial charge is 0.287 e. The van der Waals surface area contributed by atoms with Crippen LogP contribution in [-0.2, 0) is 14.4 Å². The minimum atomic E-state index is -1.24. The summed E-state index contributed by atoms with van der Waals surface area (Å²) in [7, 11) is 0. The van der Waals surface area contributed by atoms with E-state index in [4.69, 9.17) is 0 Å². The SMILES string of the molecule is CCCCNC(=O)C(=O)[C@H]1[C@H](C)CC2C3C[C@H](F)C4=CC(=O)C=C[C@]4(C)C3[C@@H](O)C[C@@]21C. The molecular formula is C26H36FNO4. The van der Waals surface area contributed by atoms with Gasteiger partial charge in [0.2, 0.25) is 5.78 Å². The Kier molecular flexibility index (Phi) is 5.98. The molecule has 0 aromatic rings. The standard InChI is InChI=1S/C26H36FNO4/c1-5-6-9-28-24(32)23(31)21-14(2)10-17-16-12-19(27)18-11-15(29)7-8-25(18,3)22(16)20(30)13-26(17,21)4/h7-8,11,14,16-17,19-22,30H,5-6,9-10,12-13H2,1-4H3,(H,28,32)/t14-,16?,17?,19+,20+,21-,22?,25+,26+/m1/s1. The second-order valence-electron chi connectivity index (χ2n) is 11.1. The van der Waals surface area contributed by atoms with Gasteiger partial charge in [-0.05, 0) is 66.6 Å². The number of aliphatic hydroxyl groups is 1. The topological polar surface area (TPSA) is 83.5 Å². The van der Waals surface area contributed by atoms with Crippen LogP contribution in [0.5, 0.6) is 0 Å². The minimum Gasteiger partial charge on any atom is -0.393 e. The van der Waals surface area contributed by atoms with Gasteiger partial charge in [-0.1, -0.05) is 40.2 Å². The molecule has 3 saturated carbocycles. The Morgan fingerprint density at radius 1 is 1.28 bits per heavy atom. The first kappa shape index (κ1) is 23.3. The molecule has 4 aliphatic carbocycles. The highest BCUT2D eigenvalue weighted by atomic mass is 19.1. The van der Waals surface area contributed by atoms with Crippen LogP contribution in [-0.4, -0.2) is 41.4 Å². The van der Waals surface area contributed by atoms with Crippen molar-refractivity contribution in [2.24, 2.45) is 40.4 Å². The first-order valence-electron chi connectivity index (χ1n) is 12.1. The molecule has 6 heteroatoms. The maximum Gasteiger partial charge on any atom is 0.287 e. The lowest BCUT2D eigenvalue weighted by Gasteiger charge is -2.59. The van der Waals surface area contributed by atoms with Crippen molar-refractivity contribution in [3.8, 4) is 0 Å². The van der Waals surface area contributed by atoms with Gasteiger partial charge in [-0.25, -0.2) is 4.39 Å². The summed E-state index contributed by atoms with van der Waals surface area (Å²) in [6.45, 7) is 8.47. The summed E-state index contributed by atoms with van der Waals surface area (Å²) >= 11 is 0. The van der Waals surface area contributed by atoms with Crippen molar-refractivity contribution in [2.75, 3.05) is 6.54 Å². The molecule has 4 aliphatic rings. The van der Waals surface area contributed by atoms with E-state index in [2.05, 4.69) is 5.32 Å². The zero-order valence-electron chi connectivity index (χ0n) is 19.6. The highest BCUT2D eigenvalue weighted by Gasteiger charge is 2.66. The molecule has 32 heavy (non-hydrogen) atoms. The summed E-state index contributed by atoms with van der Waals surface area (Å²) in [5.41, 5.74) is -0.785. The van der Waals surface area contributed by atoms with E-state index >= 15 is 4.39 Å². The summed E-state index contributed by atoms with van der Waals surface area (Å²) in [4.78, 5) is 37.8. The van der Waals surface area contributed by atoms with Crippen molar-refractivity contribution < 1.29 is 23.9 Å². The maximum atomic E-state index is 15.4. The normalized spacial score (nSPS) is 44.9.